The van der Waals surface area contributed by atoms with Gasteiger partial charge in [-0.25, -0.2) is 14.4 Å². The first-order valence-electron chi connectivity index (χ1n) is 9.76. The highest BCUT2D eigenvalue weighted by molar-refractivity contribution is 5.91. The molecule has 6 nitrogen and oxygen atoms in total. The third-order valence-electron chi connectivity index (χ3n) is 5.12. The first-order valence-corrected chi connectivity index (χ1v) is 9.76. The van der Waals surface area contributed by atoms with Crippen LogP contribution in [-0.2, 0) is 0 Å². The normalized spacial score (nSPS) is 15.4. The molecule has 3 rings (SSSR count). The zero-order valence-corrected chi connectivity index (χ0v) is 16.8. The fourth-order valence-corrected chi connectivity index (χ4v) is 3.42. The molecule has 1 aromatic carbocycles. The number of benzene rings is 1. The Balaban J connectivity index is 1.84. The number of nitrogens with one attached hydrogen (secondary N) is 1. The van der Waals surface area contributed by atoms with Crippen LogP contribution in [0.1, 0.15) is 47.4 Å². The summed E-state index contributed by atoms with van der Waals surface area (Å²) in [5.41, 5.74) is 1.92. The zero-order valence-electron chi connectivity index (χ0n) is 16.8. The Morgan fingerprint density at radius 2 is 1.93 bits per heavy atom. The van der Waals surface area contributed by atoms with Crippen LogP contribution in [0.15, 0.2) is 30.5 Å². The first-order chi connectivity index (χ1) is 13.5. The predicted molar refractivity (Wildman–Crippen MR) is 108 cm³/mol. The number of carbonyl (C=O) groups is 1. The second-order valence-corrected chi connectivity index (χ2v) is 7.44. The molecule has 2 aromatic rings. The SMILES string of the molecule is C[C@H](c1ccc(F)cc1)c1nc(C(=O)N(C)C)cnc1NCCN1CCCC1. The van der Waals surface area contributed by atoms with E-state index >= 15 is 0 Å². The van der Waals surface area contributed by atoms with Crippen LogP contribution in [0.5, 0.6) is 0 Å². The molecule has 1 saturated heterocycles. The minimum atomic E-state index is -0.275. The number of hydrogen-bond acceptors (Lipinski definition) is 5. The molecule has 1 aromatic heterocycles. The van der Waals surface area contributed by atoms with Gasteiger partial charge < -0.3 is 15.1 Å². The molecule has 150 valence electrons. The Kier molecular flexibility index (Phi) is 6.57. The largest absolute Gasteiger partial charge is 0.367 e. The van der Waals surface area contributed by atoms with E-state index in [4.69, 9.17) is 0 Å². The summed E-state index contributed by atoms with van der Waals surface area (Å²) in [5.74, 6) is 0.0785. The van der Waals surface area contributed by atoms with E-state index in [0.717, 1.165) is 31.7 Å². The summed E-state index contributed by atoms with van der Waals surface area (Å²) < 4.78 is 13.3. The van der Waals surface area contributed by atoms with Crippen molar-refractivity contribution in [3.63, 3.8) is 0 Å². The molecule has 1 atom stereocenters. The topological polar surface area (TPSA) is 61.4 Å². The van der Waals surface area contributed by atoms with Crippen LogP contribution in [0.4, 0.5) is 10.2 Å². The van der Waals surface area contributed by atoms with Crippen molar-refractivity contribution in [3.8, 4) is 0 Å². The molecule has 1 fully saturated rings. The van der Waals surface area contributed by atoms with Gasteiger partial charge in [-0.3, -0.25) is 4.79 Å². The lowest BCUT2D eigenvalue weighted by Crippen LogP contribution is -2.27. The van der Waals surface area contributed by atoms with E-state index in [9.17, 15) is 9.18 Å². The molecular formula is C21H28FN5O. The van der Waals surface area contributed by atoms with Crippen molar-refractivity contribution in [2.24, 2.45) is 0 Å². The minimum Gasteiger partial charge on any atom is -0.367 e. The molecule has 0 bridgehead atoms. The third-order valence-corrected chi connectivity index (χ3v) is 5.12. The van der Waals surface area contributed by atoms with Crippen molar-refractivity contribution in [3.05, 3.63) is 53.2 Å². The molecule has 0 unspecified atom stereocenters. The summed E-state index contributed by atoms with van der Waals surface area (Å²) in [6.07, 6.45) is 4.03. The highest BCUT2D eigenvalue weighted by Crippen LogP contribution is 2.28. The second-order valence-electron chi connectivity index (χ2n) is 7.44. The third kappa shape index (κ3) is 4.84. The van der Waals surface area contributed by atoms with E-state index in [0.29, 0.717) is 17.2 Å². The van der Waals surface area contributed by atoms with Crippen LogP contribution in [0.2, 0.25) is 0 Å². The number of halogens is 1. The number of likely N-dealkylation sites (tertiary alicyclic amines) is 1. The van der Waals surface area contributed by atoms with Gasteiger partial charge >= 0.3 is 0 Å². The Labute approximate surface area is 165 Å². The van der Waals surface area contributed by atoms with Gasteiger partial charge in [0, 0.05) is 33.1 Å². The monoisotopic (exact) mass is 385 g/mol. The van der Waals surface area contributed by atoms with Crippen LogP contribution < -0.4 is 5.32 Å². The van der Waals surface area contributed by atoms with Crippen LogP contribution in [0, 0.1) is 5.82 Å². The fraction of sp³-hybridized carbons (Fsp3) is 0.476. The van der Waals surface area contributed by atoms with Gasteiger partial charge in [-0.1, -0.05) is 19.1 Å². The molecule has 0 aliphatic carbocycles. The molecule has 1 amide bonds. The van der Waals surface area contributed by atoms with Gasteiger partial charge in [-0.05, 0) is 43.6 Å². The quantitative estimate of drug-likeness (QED) is 0.794. The molecule has 28 heavy (non-hydrogen) atoms. The Hall–Kier alpha value is -2.54. The lowest BCUT2D eigenvalue weighted by atomic mass is 9.97. The number of amides is 1. The van der Waals surface area contributed by atoms with Crippen molar-refractivity contribution >= 4 is 11.7 Å². The van der Waals surface area contributed by atoms with E-state index in [2.05, 4.69) is 20.2 Å². The Morgan fingerprint density at radius 3 is 2.57 bits per heavy atom. The highest BCUT2D eigenvalue weighted by atomic mass is 19.1. The smallest absolute Gasteiger partial charge is 0.273 e. The summed E-state index contributed by atoms with van der Waals surface area (Å²) in [5, 5.41) is 3.38. The van der Waals surface area contributed by atoms with Crippen molar-refractivity contribution in [2.45, 2.75) is 25.7 Å². The summed E-state index contributed by atoms with van der Waals surface area (Å²) in [4.78, 5) is 25.4. The van der Waals surface area contributed by atoms with Gasteiger partial charge in [0.25, 0.3) is 5.91 Å². The number of carbonyl (C=O) groups excluding carboxylic acids is 1. The van der Waals surface area contributed by atoms with Crippen LogP contribution in [0.25, 0.3) is 0 Å². The van der Waals surface area contributed by atoms with E-state index in [1.807, 2.05) is 6.92 Å². The molecule has 7 heteroatoms. The minimum absolute atomic E-state index is 0.128. The van der Waals surface area contributed by atoms with Crippen molar-refractivity contribution < 1.29 is 9.18 Å². The number of anilines is 1. The maximum atomic E-state index is 13.3. The lowest BCUT2D eigenvalue weighted by Gasteiger charge is -2.20. The first kappa shape index (κ1) is 20.2. The van der Waals surface area contributed by atoms with Gasteiger partial charge in [-0.15, -0.1) is 0 Å². The molecule has 0 saturated carbocycles. The van der Waals surface area contributed by atoms with E-state index in [-0.39, 0.29) is 17.6 Å². The molecule has 2 heterocycles. The molecular weight excluding hydrogens is 357 g/mol. The maximum Gasteiger partial charge on any atom is 0.273 e. The highest BCUT2D eigenvalue weighted by Gasteiger charge is 2.20. The number of rotatable bonds is 7. The van der Waals surface area contributed by atoms with E-state index in [1.54, 1.807) is 26.2 Å². The molecule has 1 aliphatic heterocycles. The average molecular weight is 385 g/mol. The summed E-state index contributed by atoms with van der Waals surface area (Å²) >= 11 is 0. The van der Waals surface area contributed by atoms with Gasteiger partial charge in [0.15, 0.2) is 0 Å². The van der Waals surface area contributed by atoms with E-state index in [1.165, 1.54) is 36.1 Å². The van der Waals surface area contributed by atoms with Gasteiger partial charge in [0.05, 0.1) is 11.9 Å². The number of hydrogen-bond donors (Lipinski definition) is 1. The number of aromatic nitrogens is 2. The van der Waals surface area contributed by atoms with Gasteiger partial charge in [-0.2, -0.15) is 0 Å². The van der Waals surface area contributed by atoms with E-state index < -0.39 is 0 Å². The average Bonchev–Trinajstić information content (AvgIpc) is 3.21. The second kappa shape index (κ2) is 9.10. The Morgan fingerprint density at radius 1 is 1.25 bits per heavy atom. The fourth-order valence-electron chi connectivity index (χ4n) is 3.42. The summed E-state index contributed by atoms with van der Waals surface area (Å²) in [6.45, 7) is 5.99. The Bertz CT molecular complexity index is 803. The van der Waals surface area contributed by atoms with Crippen molar-refractivity contribution in [2.75, 3.05) is 45.6 Å². The molecule has 1 aliphatic rings. The zero-order chi connectivity index (χ0) is 20.1. The van der Waals surface area contributed by atoms with Crippen LogP contribution >= 0.6 is 0 Å². The summed E-state index contributed by atoms with van der Waals surface area (Å²) in [7, 11) is 3.38. The van der Waals surface area contributed by atoms with Crippen molar-refractivity contribution in [1.29, 1.82) is 0 Å². The van der Waals surface area contributed by atoms with Crippen molar-refractivity contribution in [1.82, 2.24) is 19.8 Å². The molecule has 0 radical (unpaired) electrons. The lowest BCUT2D eigenvalue weighted by molar-refractivity contribution is 0.0821. The van der Waals surface area contributed by atoms with Crippen LogP contribution in [-0.4, -0.2) is 65.9 Å². The molecule has 0 spiro atoms. The van der Waals surface area contributed by atoms with Gasteiger partial charge in [0.2, 0.25) is 0 Å². The molecule has 1 N–H and O–H groups in total. The standard InChI is InChI=1S/C21H28FN5O/c1-15(16-6-8-17(22)9-7-16)19-20(23-10-13-27-11-4-5-12-27)24-14-18(25-19)21(28)26(2)3/h6-9,14-15H,4-5,10-13H2,1-3H3,(H,23,24)/t15-/m1/s1. The number of nitrogens with zero attached hydrogens (tertiary/aromatic N) is 4. The maximum absolute atomic E-state index is 13.3. The van der Waals surface area contributed by atoms with Gasteiger partial charge in [0.1, 0.15) is 17.3 Å². The van der Waals surface area contributed by atoms with Crippen LogP contribution in [0.3, 0.4) is 0 Å². The predicted octanol–water partition coefficient (Wildman–Crippen LogP) is 2.98. The summed E-state index contributed by atoms with van der Waals surface area (Å²) in [6, 6.07) is 6.37.